The minimum Gasteiger partial charge on any atom is -0.488 e. The summed E-state index contributed by atoms with van der Waals surface area (Å²) in [4.78, 5) is 12.2. The first-order valence-electron chi connectivity index (χ1n) is 9.35. The molecule has 1 heterocycles. The number of amides is 1. The van der Waals surface area contributed by atoms with Crippen LogP contribution < -0.4 is 19.6 Å². The zero-order chi connectivity index (χ0) is 20.8. The van der Waals surface area contributed by atoms with Gasteiger partial charge in [0.1, 0.15) is 12.4 Å². The molecule has 0 aromatic heterocycles. The van der Waals surface area contributed by atoms with Gasteiger partial charge in [0, 0.05) is 16.1 Å². The van der Waals surface area contributed by atoms with E-state index in [2.05, 4.69) is 10.5 Å². The van der Waals surface area contributed by atoms with Crippen LogP contribution in [0.1, 0.15) is 16.7 Å². The quantitative estimate of drug-likeness (QED) is 0.454. The molecule has 4 rings (SSSR count). The molecule has 0 saturated carbocycles. The van der Waals surface area contributed by atoms with Crippen molar-refractivity contribution in [2.24, 2.45) is 5.10 Å². The molecule has 0 fully saturated rings. The van der Waals surface area contributed by atoms with E-state index in [0.29, 0.717) is 28.9 Å². The fraction of sp³-hybridized carbons (Fsp3) is 0.130. The fourth-order valence-electron chi connectivity index (χ4n) is 2.94. The molecular formula is C23H19ClN2O4. The number of nitrogens with one attached hydrogen (secondary N) is 1. The lowest BCUT2D eigenvalue weighted by Gasteiger charge is -2.10. The van der Waals surface area contributed by atoms with E-state index in [1.165, 1.54) is 0 Å². The van der Waals surface area contributed by atoms with E-state index in [4.69, 9.17) is 25.8 Å². The van der Waals surface area contributed by atoms with Gasteiger partial charge in [-0.15, -0.1) is 0 Å². The topological polar surface area (TPSA) is 69.2 Å². The predicted molar refractivity (Wildman–Crippen MR) is 114 cm³/mol. The number of fused-ring (bicyclic) bond motifs is 1. The molecule has 1 amide bonds. The van der Waals surface area contributed by atoms with Gasteiger partial charge in [-0.25, -0.2) is 5.43 Å². The van der Waals surface area contributed by atoms with E-state index in [9.17, 15) is 4.79 Å². The van der Waals surface area contributed by atoms with Crippen molar-refractivity contribution in [1.29, 1.82) is 0 Å². The van der Waals surface area contributed by atoms with E-state index in [-0.39, 0.29) is 19.1 Å². The molecule has 0 aliphatic carbocycles. The molecule has 0 spiro atoms. The zero-order valence-electron chi connectivity index (χ0n) is 16.0. The first kappa shape index (κ1) is 19.8. The molecule has 6 nitrogen and oxygen atoms in total. The van der Waals surface area contributed by atoms with Crippen molar-refractivity contribution in [3.05, 3.63) is 88.4 Å². The number of hydrazone groups is 1. The number of nitrogens with zero attached hydrogens (tertiary/aromatic N) is 1. The van der Waals surface area contributed by atoms with Crippen LogP contribution in [-0.2, 0) is 17.8 Å². The van der Waals surface area contributed by atoms with Crippen LogP contribution in [0, 0.1) is 0 Å². The van der Waals surface area contributed by atoms with Gasteiger partial charge in [-0.1, -0.05) is 48.0 Å². The largest absolute Gasteiger partial charge is 0.488 e. The van der Waals surface area contributed by atoms with Gasteiger partial charge in [-0.2, -0.15) is 5.10 Å². The summed E-state index contributed by atoms with van der Waals surface area (Å²) in [6, 6.07) is 20.4. The van der Waals surface area contributed by atoms with E-state index >= 15 is 0 Å². The van der Waals surface area contributed by atoms with Crippen LogP contribution in [-0.4, -0.2) is 18.9 Å². The molecule has 0 atom stereocenters. The van der Waals surface area contributed by atoms with Crippen LogP contribution in [0.15, 0.2) is 71.8 Å². The first-order chi connectivity index (χ1) is 14.7. The molecule has 7 heteroatoms. The maximum Gasteiger partial charge on any atom is 0.244 e. The third kappa shape index (κ3) is 4.90. The van der Waals surface area contributed by atoms with Crippen LogP contribution in [0.2, 0.25) is 5.02 Å². The lowest BCUT2D eigenvalue weighted by Crippen LogP contribution is -2.19. The second-order valence-corrected chi connectivity index (χ2v) is 6.98. The van der Waals surface area contributed by atoms with Crippen molar-refractivity contribution in [3.8, 4) is 17.2 Å². The minimum atomic E-state index is -0.236. The number of hydrogen-bond acceptors (Lipinski definition) is 5. The van der Waals surface area contributed by atoms with Gasteiger partial charge in [-0.3, -0.25) is 4.79 Å². The Bertz CT molecular complexity index is 1080. The number of hydrogen-bond donors (Lipinski definition) is 1. The van der Waals surface area contributed by atoms with E-state index < -0.39 is 0 Å². The second kappa shape index (κ2) is 9.33. The maximum atomic E-state index is 12.2. The molecular weight excluding hydrogens is 404 g/mol. The molecule has 0 saturated heterocycles. The second-order valence-electron chi connectivity index (χ2n) is 6.58. The molecule has 1 aliphatic heterocycles. The Labute approximate surface area is 179 Å². The normalized spacial score (nSPS) is 12.2. The molecule has 30 heavy (non-hydrogen) atoms. The van der Waals surface area contributed by atoms with Crippen LogP contribution >= 0.6 is 11.6 Å². The van der Waals surface area contributed by atoms with Gasteiger partial charge >= 0.3 is 0 Å². The Morgan fingerprint density at radius 1 is 1.07 bits per heavy atom. The van der Waals surface area contributed by atoms with Crippen molar-refractivity contribution >= 4 is 23.7 Å². The lowest BCUT2D eigenvalue weighted by molar-refractivity contribution is -0.120. The maximum absolute atomic E-state index is 12.2. The Morgan fingerprint density at radius 3 is 2.77 bits per heavy atom. The van der Waals surface area contributed by atoms with Gasteiger partial charge in [0.2, 0.25) is 12.7 Å². The Balaban J connectivity index is 1.35. The third-order valence-corrected chi connectivity index (χ3v) is 4.82. The summed E-state index contributed by atoms with van der Waals surface area (Å²) < 4.78 is 16.5. The molecule has 1 aliphatic rings. The van der Waals surface area contributed by atoms with Gasteiger partial charge in [-0.05, 0) is 35.9 Å². The first-order valence-corrected chi connectivity index (χ1v) is 9.72. The molecule has 1 N–H and O–H groups in total. The van der Waals surface area contributed by atoms with Gasteiger partial charge in [0.25, 0.3) is 0 Å². The summed E-state index contributed by atoms with van der Waals surface area (Å²) in [7, 11) is 0. The van der Waals surface area contributed by atoms with Crippen LogP contribution in [0.5, 0.6) is 17.2 Å². The molecule has 3 aromatic carbocycles. The number of rotatable bonds is 7. The van der Waals surface area contributed by atoms with Crippen molar-refractivity contribution < 1.29 is 19.0 Å². The average molecular weight is 423 g/mol. The standard InChI is InChI=1S/C23H19ClN2O4/c24-19-7-3-1-6-18(19)14-28-20-8-4-2-5-17(20)13-25-26-23(27)12-16-9-10-21-22(11-16)30-15-29-21/h1-11,13H,12,14-15H2,(H,26,27)/b25-13-. The number of benzene rings is 3. The van der Waals surface area contributed by atoms with Gasteiger partial charge < -0.3 is 14.2 Å². The number of halogens is 1. The molecule has 152 valence electrons. The van der Waals surface area contributed by atoms with Gasteiger partial charge in [0.15, 0.2) is 11.5 Å². The zero-order valence-corrected chi connectivity index (χ0v) is 16.8. The van der Waals surface area contributed by atoms with Crippen LogP contribution in [0.3, 0.4) is 0 Å². The van der Waals surface area contributed by atoms with Crippen molar-refractivity contribution in [1.82, 2.24) is 5.43 Å². The number of ether oxygens (including phenoxy) is 3. The highest BCUT2D eigenvalue weighted by atomic mass is 35.5. The number of carbonyl (C=O) groups is 1. The van der Waals surface area contributed by atoms with E-state index in [1.54, 1.807) is 18.3 Å². The highest BCUT2D eigenvalue weighted by Gasteiger charge is 2.14. The predicted octanol–water partition coefficient (Wildman–Crippen LogP) is 4.34. The van der Waals surface area contributed by atoms with Crippen LogP contribution in [0.25, 0.3) is 0 Å². The SMILES string of the molecule is O=C(Cc1ccc2c(c1)OCO2)N/N=C\c1ccccc1OCc1ccccc1Cl. The van der Waals surface area contributed by atoms with Crippen molar-refractivity contribution in [2.45, 2.75) is 13.0 Å². The van der Waals surface area contributed by atoms with Crippen molar-refractivity contribution in [2.75, 3.05) is 6.79 Å². The van der Waals surface area contributed by atoms with Crippen LogP contribution in [0.4, 0.5) is 0 Å². The Morgan fingerprint density at radius 2 is 1.87 bits per heavy atom. The molecule has 0 bridgehead atoms. The highest BCUT2D eigenvalue weighted by Crippen LogP contribution is 2.32. The van der Waals surface area contributed by atoms with Gasteiger partial charge in [0.05, 0.1) is 12.6 Å². The summed E-state index contributed by atoms with van der Waals surface area (Å²) in [5.41, 5.74) is 4.99. The number of para-hydroxylation sites is 1. The van der Waals surface area contributed by atoms with Crippen molar-refractivity contribution in [3.63, 3.8) is 0 Å². The summed E-state index contributed by atoms with van der Waals surface area (Å²) in [5.74, 6) is 1.74. The van der Waals surface area contributed by atoms with E-state index in [1.807, 2.05) is 54.6 Å². The lowest BCUT2D eigenvalue weighted by atomic mass is 10.1. The molecule has 0 radical (unpaired) electrons. The smallest absolute Gasteiger partial charge is 0.244 e. The van der Waals surface area contributed by atoms with E-state index in [0.717, 1.165) is 16.7 Å². The third-order valence-electron chi connectivity index (χ3n) is 4.45. The summed E-state index contributed by atoms with van der Waals surface area (Å²) in [6.07, 6.45) is 1.73. The minimum absolute atomic E-state index is 0.179. The average Bonchev–Trinajstić information content (AvgIpc) is 3.22. The Kier molecular flexibility index (Phi) is 6.15. The number of carbonyl (C=O) groups excluding carboxylic acids is 1. The molecule has 3 aromatic rings. The Hall–Kier alpha value is -3.51. The summed E-state index contributed by atoms with van der Waals surface area (Å²) in [6.45, 7) is 0.536. The fourth-order valence-corrected chi connectivity index (χ4v) is 3.13. The summed E-state index contributed by atoms with van der Waals surface area (Å²) in [5, 5.41) is 4.71. The monoisotopic (exact) mass is 422 g/mol. The molecule has 0 unspecified atom stereocenters. The highest BCUT2D eigenvalue weighted by molar-refractivity contribution is 6.31. The summed E-state index contributed by atoms with van der Waals surface area (Å²) >= 11 is 6.18.